The molecule has 3 N–H and O–H groups in total. The molecule has 0 saturated heterocycles. The zero-order chi connectivity index (χ0) is 44.5. The third-order valence-electron chi connectivity index (χ3n) is 11.3. The molecule has 0 aromatic heterocycles. The number of aliphatic hydroxyl groups excluding tert-OH is 2. The van der Waals surface area contributed by atoms with Crippen LogP contribution in [0.1, 0.15) is 239 Å². The number of ether oxygens (including phenoxy) is 1. The Bertz CT molecular complexity index is 1140. The summed E-state index contributed by atoms with van der Waals surface area (Å²) < 4.78 is 5.87. The highest BCUT2D eigenvalue weighted by Crippen LogP contribution is 2.16. The number of unbranched alkanes of at least 4 members (excludes halogenated alkanes) is 22. The Morgan fingerprint density at radius 3 is 1.43 bits per heavy atom. The number of rotatable bonds is 45. The van der Waals surface area contributed by atoms with Crippen molar-refractivity contribution in [3.63, 3.8) is 0 Å². The van der Waals surface area contributed by atoms with Crippen molar-refractivity contribution in [3.05, 3.63) is 72.9 Å². The van der Waals surface area contributed by atoms with E-state index in [1.54, 1.807) is 0 Å². The standard InChI is InChI=1S/C55H97NO5/c1-4-7-10-13-16-19-22-24-26-27-28-30-33-36-39-42-45-48-55(60)61-51(46-43-40-37-34-32-29-25-23-20-17-14-11-8-5-2)49-54(59)56-52(50-57)53(58)47-44-41-38-35-31-21-18-15-12-9-6-3/h16,19,24,26,28-30,32,34,36-37,39,51-53,57-58H,4-15,17-18,20-23,25,27,31,33,35,38,40-50H2,1-3H3,(H,56,59)/b19-16-,26-24-,30-28-,32-29+,37-34+,39-36-. The smallest absolute Gasteiger partial charge is 0.306 e. The van der Waals surface area contributed by atoms with Crippen molar-refractivity contribution in [2.24, 2.45) is 0 Å². The maximum atomic E-state index is 13.2. The zero-order valence-electron chi connectivity index (χ0n) is 40.0. The van der Waals surface area contributed by atoms with Crippen LogP contribution in [0.15, 0.2) is 72.9 Å². The minimum Gasteiger partial charge on any atom is -0.462 e. The van der Waals surface area contributed by atoms with Crippen molar-refractivity contribution in [1.82, 2.24) is 5.32 Å². The average Bonchev–Trinajstić information content (AvgIpc) is 3.25. The lowest BCUT2D eigenvalue weighted by molar-refractivity contribution is -0.151. The van der Waals surface area contributed by atoms with Crippen molar-refractivity contribution in [2.75, 3.05) is 6.61 Å². The summed E-state index contributed by atoms with van der Waals surface area (Å²) in [6.07, 6.45) is 61.1. The Morgan fingerprint density at radius 1 is 0.492 bits per heavy atom. The highest BCUT2D eigenvalue weighted by atomic mass is 16.5. The highest BCUT2D eigenvalue weighted by molar-refractivity contribution is 5.77. The Labute approximate surface area is 377 Å². The van der Waals surface area contributed by atoms with E-state index in [1.807, 2.05) is 0 Å². The van der Waals surface area contributed by atoms with Gasteiger partial charge in [0.05, 0.1) is 25.2 Å². The SMILES string of the molecule is CCCCC/C=C\C/C=C\C/C=C\C/C=C\CCCC(=O)OC(CCC/C=C/C=C/CCCCCCCCC)CC(=O)NC(CO)C(O)CCCCCCCCCCCCC. The first-order chi connectivity index (χ1) is 30.0. The third kappa shape index (κ3) is 43.7. The fourth-order valence-corrected chi connectivity index (χ4v) is 7.36. The lowest BCUT2D eigenvalue weighted by Crippen LogP contribution is -2.46. The van der Waals surface area contributed by atoms with Gasteiger partial charge in [0.1, 0.15) is 6.10 Å². The van der Waals surface area contributed by atoms with Crippen LogP contribution in [-0.4, -0.2) is 46.9 Å². The van der Waals surface area contributed by atoms with Crippen LogP contribution in [0, 0.1) is 0 Å². The second-order valence-electron chi connectivity index (χ2n) is 17.2. The minimum absolute atomic E-state index is 0.0205. The average molecular weight is 852 g/mol. The lowest BCUT2D eigenvalue weighted by Gasteiger charge is -2.24. The van der Waals surface area contributed by atoms with E-state index >= 15 is 0 Å². The molecule has 0 aromatic rings. The van der Waals surface area contributed by atoms with E-state index in [-0.39, 0.29) is 24.9 Å². The fraction of sp³-hybridized carbons (Fsp3) is 0.745. The predicted octanol–water partition coefficient (Wildman–Crippen LogP) is 15.4. The number of esters is 1. The van der Waals surface area contributed by atoms with Crippen LogP contribution in [0.25, 0.3) is 0 Å². The summed E-state index contributed by atoms with van der Waals surface area (Å²) in [5, 5.41) is 23.7. The molecule has 0 spiro atoms. The Kier molecular flexibility index (Phi) is 46.2. The van der Waals surface area contributed by atoms with Crippen molar-refractivity contribution in [1.29, 1.82) is 0 Å². The number of hydrogen-bond donors (Lipinski definition) is 3. The molecule has 0 fully saturated rings. The number of aliphatic hydroxyl groups is 2. The number of nitrogens with one attached hydrogen (secondary N) is 1. The largest absolute Gasteiger partial charge is 0.462 e. The molecule has 1 amide bonds. The van der Waals surface area contributed by atoms with Crippen molar-refractivity contribution < 1.29 is 24.5 Å². The maximum Gasteiger partial charge on any atom is 0.306 e. The summed E-state index contributed by atoms with van der Waals surface area (Å²) in [4.78, 5) is 26.1. The number of carbonyl (C=O) groups is 2. The van der Waals surface area contributed by atoms with Gasteiger partial charge in [0.2, 0.25) is 5.91 Å². The molecular formula is C55H97NO5. The van der Waals surface area contributed by atoms with Gasteiger partial charge in [-0.25, -0.2) is 0 Å². The number of amides is 1. The molecular weight excluding hydrogens is 755 g/mol. The van der Waals surface area contributed by atoms with E-state index in [4.69, 9.17) is 4.74 Å². The van der Waals surface area contributed by atoms with Gasteiger partial charge in [-0.2, -0.15) is 0 Å². The monoisotopic (exact) mass is 852 g/mol. The number of allylic oxidation sites excluding steroid dienone is 12. The molecule has 6 nitrogen and oxygen atoms in total. The van der Waals surface area contributed by atoms with E-state index in [0.29, 0.717) is 25.7 Å². The second-order valence-corrected chi connectivity index (χ2v) is 17.2. The maximum absolute atomic E-state index is 13.2. The van der Waals surface area contributed by atoms with Gasteiger partial charge < -0.3 is 20.3 Å². The predicted molar refractivity (Wildman–Crippen MR) is 264 cm³/mol. The van der Waals surface area contributed by atoms with Gasteiger partial charge in [0.15, 0.2) is 0 Å². The second kappa shape index (κ2) is 48.3. The molecule has 0 heterocycles. The quantitative estimate of drug-likeness (QED) is 0.0245. The van der Waals surface area contributed by atoms with Gasteiger partial charge in [-0.05, 0) is 83.5 Å². The summed E-state index contributed by atoms with van der Waals surface area (Å²) in [5.41, 5.74) is 0. The molecule has 6 heteroatoms. The van der Waals surface area contributed by atoms with Crippen LogP contribution in [0.5, 0.6) is 0 Å². The van der Waals surface area contributed by atoms with Crippen LogP contribution in [0.2, 0.25) is 0 Å². The van der Waals surface area contributed by atoms with Crippen LogP contribution >= 0.6 is 0 Å². The first-order valence-electron chi connectivity index (χ1n) is 25.7. The van der Waals surface area contributed by atoms with Gasteiger partial charge in [0, 0.05) is 6.42 Å². The van der Waals surface area contributed by atoms with Crippen LogP contribution in [-0.2, 0) is 14.3 Å². The van der Waals surface area contributed by atoms with Gasteiger partial charge in [-0.1, -0.05) is 216 Å². The van der Waals surface area contributed by atoms with Crippen LogP contribution < -0.4 is 5.32 Å². The van der Waals surface area contributed by atoms with Gasteiger partial charge in [-0.3, -0.25) is 9.59 Å². The lowest BCUT2D eigenvalue weighted by atomic mass is 10.0. The Balaban J connectivity index is 4.75. The molecule has 0 rings (SSSR count). The summed E-state index contributed by atoms with van der Waals surface area (Å²) in [5.74, 6) is -0.590. The van der Waals surface area contributed by atoms with E-state index in [2.05, 4.69) is 99.0 Å². The first kappa shape index (κ1) is 58.3. The molecule has 61 heavy (non-hydrogen) atoms. The molecule has 0 aliphatic carbocycles. The van der Waals surface area contributed by atoms with Gasteiger partial charge >= 0.3 is 5.97 Å². The van der Waals surface area contributed by atoms with E-state index in [0.717, 1.165) is 64.2 Å². The normalized spacial score (nSPS) is 13.9. The van der Waals surface area contributed by atoms with Gasteiger partial charge in [0.25, 0.3) is 0 Å². The Morgan fingerprint density at radius 2 is 0.902 bits per heavy atom. The summed E-state index contributed by atoms with van der Waals surface area (Å²) in [6.45, 7) is 6.41. The Hall–Kier alpha value is -2.70. The molecule has 0 radical (unpaired) electrons. The highest BCUT2D eigenvalue weighted by Gasteiger charge is 2.24. The third-order valence-corrected chi connectivity index (χ3v) is 11.3. The van der Waals surface area contributed by atoms with Crippen molar-refractivity contribution in [2.45, 2.75) is 257 Å². The van der Waals surface area contributed by atoms with E-state index in [9.17, 15) is 19.8 Å². The summed E-state index contributed by atoms with van der Waals surface area (Å²) >= 11 is 0. The zero-order valence-corrected chi connectivity index (χ0v) is 40.0. The van der Waals surface area contributed by atoms with Crippen molar-refractivity contribution in [3.8, 4) is 0 Å². The topological polar surface area (TPSA) is 95.9 Å². The van der Waals surface area contributed by atoms with Gasteiger partial charge in [-0.15, -0.1) is 0 Å². The molecule has 0 aromatic carbocycles. The molecule has 0 bridgehead atoms. The van der Waals surface area contributed by atoms with E-state index < -0.39 is 18.2 Å². The molecule has 0 saturated carbocycles. The summed E-state index contributed by atoms with van der Waals surface area (Å²) in [7, 11) is 0. The summed E-state index contributed by atoms with van der Waals surface area (Å²) in [6, 6.07) is -0.729. The van der Waals surface area contributed by atoms with Crippen LogP contribution in [0.3, 0.4) is 0 Å². The number of hydrogen-bond acceptors (Lipinski definition) is 5. The molecule has 0 aliphatic heterocycles. The molecule has 0 aliphatic rings. The van der Waals surface area contributed by atoms with Crippen LogP contribution in [0.4, 0.5) is 0 Å². The number of carbonyl (C=O) groups excluding carboxylic acids is 2. The van der Waals surface area contributed by atoms with Crippen molar-refractivity contribution >= 4 is 11.9 Å². The molecule has 352 valence electrons. The van der Waals surface area contributed by atoms with E-state index in [1.165, 1.54) is 122 Å². The molecule has 3 atom stereocenters. The fourth-order valence-electron chi connectivity index (χ4n) is 7.36. The minimum atomic E-state index is -0.810. The first-order valence-corrected chi connectivity index (χ1v) is 25.7. The molecule has 3 unspecified atom stereocenters.